The molecule has 0 spiro atoms. The number of nitrogens with zero attached hydrogens (tertiary/aromatic N) is 5. The molecule has 164 valence electrons. The first-order chi connectivity index (χ1) is 15.4. The number of nitrogens with one attached hydrogen (secondary N) is 2. The smallest absolute Gasteiger partial charge is 0.258 e. The minimum Gasteiger partial charge on any atom is -0.367 e. The number of halogens is 1. The number of rotatable bonds is 3. The fraction of sp³-hybridized carbons (Fsp3) is 0.304. The van der Waals surface area contributed by atoms with Gasteiger partial charge in [-0.25, -0.2) is 4.98 Å². The third kappa shape index (κ3) is 3.65. The maximum Gasteiger partial charge on any atom is 0.258 e. The molecule has 1 saturated heterocycles. The minimum absolute atomic E-state index is 0.290. The van der Waals surface area contributed by atoms with Crippen molar-refractivity contribution in [3.63, 3.8) is 0 Å². The number of pyridine rings is 1. The second kappa shape index (κ2) is 8.03. The zero-order valence-corrected chi connectivity index (χ0v) is 18.9. The van der Waals surface area contributed by atoms with E-state index in [4.69, 9.17) is 11.6 Å². The largest absolute Gasteiger partial charge is 0.367 e. The number of imidazole rings is 1. The molecule has 0 unspecified atom stereocenters. The molecule has 4 aromatic rings. The first kappa shape index (κ1) is 20.7. The van der Waals surface area contributed by atoms with Gasteiger partial charge in [0.25, 0.3) is 5.91 Å². The van der Waals surface area contributed by atoms with E-state index in [-0.39, 0.29) is 5.91 Å². The van der Waals surface area contributed by atoms with Crippen molar-refractivity contribution in [2.75, 3.05) is 23.3 Å². The maximum atomic E-state index is 13.2. The van der Waals surface area contributed by atoms with Crippen molar-refractivity contribution >= 4 is 45.6 Å². The highest BCUT2D eigenvalue weighted by Gasteiger charge is 2.24. The van der Waals surface area contributed by atoms with E-state index in [1.165, 1.54) is 0 Å². The van der Waals surface area contributed by atoms with Crippen LogP contribution in [0.25, 0.3) is 16.7 Å². The van der Waals surface area contributed by atoms with Gasteiger partial charge < -0.3 is 15.5 Å². The summed E-state index contributed by atoms with van der Waals surface area (Å²) in [5.74, 6) is -0.290. The molecule has 0 aliphatic carbocycles. The summed E-state index contributed by atoms with van der Waals surface area (Å²) in [6.07, 6.45) is 5.10. The zero-order valence-electron chi connectivity index (χ0n) is 18.1. The molecule has 0 bridgehead atoms. The molecule has 4 heterocycles. The summed E-state index contributed by atoms with van der Waals surface area (Å²) < 4.78 is 1.75. The lowest BCUT2D eigenvalue weighted by atomic mass is 10.1. The van der Waals surface area contributed by atoms with Gasteiger partial charge in [-0.3, -0.25) is 19.2 Å². The number of hydrogen-bond donors (Lipinski definition) is 2. The van der Waals surface area contributed by atoms with Crippen LogP contribution in [-0.4, -0.2) is 50.4 Å². The van der Waals surface area contributed by atoms with Gasteiger partial charge in [-0.2, -0.15) is 0 Å². The number of fused-ring (bicyclic) bond motifs is 2. The van der Waals surface area contributed by atoms with Gasteiger partial charge in [-0.1, -0.05) is 11.6 Å². The van der Waals surface area contributed by atoms with Crippen molar-refractivity contribution in [1.29, 1.82) is 0 Å². The van der Waals surface area contributed by atoms with E-state index in [2.05, 4.69) is 44.3 Å². The fourth-order valence-corrected chi connectivity index (χ4v) is 4.68. The van der Waals surface area contributed by atoms with Crippen LogP contribution in [-0.2, 0) is 0 Å². The van der Waals surface area contributed by atoms with Crippen molar-refractivity contribution in [2.24, 2.45) is 0 Å². The number of carbonyl (C=O) groups is 1. The molecular weight excluding hydrogens is 426 g/mol. The Morgan fingerprint density at radius 2 is 1.81 bits per heavy atom. The Kier molecular flexibility index (Phi) is 5.19. The first-order valence-electron chi connectivity index (χ1n) is 10.6. The fourth-order valence-electron chi connectivity index (χ4n) is 4.44. The van der Waals surface area contributed by atoms with Gasteiger partial charge >= 0.3 is 0 Å². The molecule has 1 aliphatic heterocycles. The second-order valence-corrected chi connectivity index (χ2v) is 8.72. The quantitative estimate of drug-likeness (QED) is 0.464. The predicted octanol–water partition coefficient (Wildman–Crippen LogP) is 3.68. The van der Waals surface area contributed by atoms with E-state index in [9.17, 15) is 4.79 Å². The number of anilines is 2. The summed E-state index contributed by atoms with van der Waals surface area (Å²) in [5.41, 5.74) is 4.80. The van der Waals surface area contributed by atoms with Gasteiger partial charge in [0.05, 0.1) is 22.6 Å². The van der Waals surface area contributed by atoms with Crippen molar-refractivity contribution in [3.05, 3.63) is 59.3 Å². The zero-order chi connectivity index (χ0) is 22.4. The van der Waals surface area contributed by atoms with Gasteiger partial charge in [-0.05, 0) is 45.0 Å². The van der Waals surface area contributed by atoms with E-state index in [1.807, 2.05) is 31.3 Å². The summed E-state index contributed by atoms with van der Waals surface area (Å²) >= 11 is 6.53. The third-order valence-electron chi connectivity index (χ3n) is 5.68. The average Bonchev–Trinajstić information content (AvgIpc) is 3.15. The molecule has 2 N–H and O–H groups in total. The molecule has 1 aliphatic rings. The van der Waals surface area contributed by atoms with Crippen LogP contribution < -0.4 is 15.5 Å². The Morgan fingerprint density at radius 1 is 1.09 bits per heavy atom. The van der Waals surface area contributed by atoms with Gasteiger partial charge in [0.1, 0.15) is 21.8 Å². The molecule has 9 heteroatoms. The monoisotopic (exact) mass is 449 g/mol. The van der Waals surface area contributed by atoms with E-state index in [1.54, 1.807) is 22.9 Å². The van der Waals surface area contributed by atoms with Crippen molar-refractivity contribution < 1.29 is 4.79 Å². The summed E-state index contributed by atoms with van der Waals surface area (Å²) in [6.45, 7) is 7.96. The third-order valence-corrected chi connectivity index (χ3v) is 6.07. The van der Waals surface area contributed by atoms with E-state index in [0.29, 0.717) is 39.5 Å². The summed E-state index contributed by atoms with van der Waals surface area (Å²) in [5, 5.41) is 6.86. The van der Waals surface area contributed by atoms with Crippen LogP contribution in [0, 0.1) is 6.92 Å². The average molecular weight is 450 g/mol. The summed E-state index contributed by atoms with van der Waals surface area (Å²) in [7, 11) is 0. The lowest BCUT2D eigenvalue weighted by molar-refractivity contribution is 0.102. The van der Waals surface area contributed by atoms with Crippen LogP contribution in [0.2, 0.25) is 5.15 Å². The molecule has 1 aromatic carbocycles. The van der Waals surface area contributed by atoms with Crippen molar-refractivity contribution in [2.45, 2.75) is 32.9 Å². The SMILES string of the molecule is Cc1cn2c(Cl)c(NC(=O)c3ccc(N4C[C@@H](C)N[C@H](C)C4)c4nccnc34)ccc2n1. The van der Waals surface area contributed by atoms with Gasteiger partial charge in [0.2, 0.25) is 0 Å². The molecule has 0 radical (unpaired) electrons. The van der Waals surface area contributed by atoms with Gasteiger partial charge in [-0.15, -0.1) is 0 Å². The van der Waals surface area contributed by atoms with Crippen LogP contribution in [0.3, 0.4) is 0 Å². The molecule has 5 rings (SSSR count). The lowest BCUT2D eigenvalue weighted by Gasteiger charge is -2.38. The summed E-state index contributed by atoms with van der Waals surface area (Å²) in [6, 6.07) is 8.07. The van der Waals surface area contributed by atoms with E-state index < -0.39 is 0 Å². The number of aromatic nitrogens is 4. The highest BCUT2D eigenvalue weighted by molar-refractivity contribution is 6.33. The number of carbonyl (C=O) groups excluding carboxylic acids is 1. The molecule has 3 aromatic heterocycles. The lowest BCUT2D eigenvalue weighted by Crippen LogP contribution is -2.54. The molecular formula is C23H24ClN7O. The Morgan fingerprint density at radius 3 is 2.56 bits per heavy atom. The molecule has 0 saturated carbocycles. The second-order valence-electron chi connectivity index (χ2n) is 8.36. The normalized spacial score (nSPS) is 18.9. The first-order valence-corrected chi connectivity index (χ1v) is 11.0. The Balaban J connectivity index is 1.51. The van der Waals surface area contributed by atoms with Crippen LogP contribution in [0.4, 0.5) is 11.4 Å². The van der Waals surface area contributed by atoms with Gasteiger partial charge in [0.15, 0.2) is 0 Å². The predicted molar refractivity (Wildman–Crippen MR) is 127 cm³/mol. The number of aryl methyl sites for hydroxylation is 1. The standard InChI is InChI=1S/C23H24ClN7O/c1-13-10-30(11-14(2)27-13)18-6-4-16(20-21(18)26-9-8-25-20)23(32)29-17-5-7-19-28-15(3)12-31(19)22(17)24/h4-9,12-14,27H,10-11H2,1-3H3,(H,29,32)/t13-,14-/m1/s1. The number of benzene rings is 1. The van der Waals surface area contributed by atoms with E-state index >= 15 is 0 Å². The minimum atomic E-state index is -0.290. The Bertz CT molecular complexity index is 1320. The number of piperazine rings is 1. The molecule has 8 nitrogen and oxygen atoms in total. The molecule has 2 atom stereocenters. The van der Waals surface area contributed by atoms with E-state index in [0.717, 1.165) is 30.1 Å². The van der Waals surface area contributed by atoms with Gasteiger partial charge in [0, 0.05) is 43.8 Å². The number of hydrogen-bond acceptors (Lipinski definition) is 6. The molecule has 1 amide bonds. The van der Waals surface area contributed by atoms with Crippen molar-refractivity contribution in [3.8, 4) is 0 Å². The number of amides is 1. The highest BCUT2D eigenvalue weighted by Crippen LogP contribution is 2.30. The maximum absolute atomic E-state index is 13.2. The topological polar surface area (TPSA) is 87.5 Å². The Hall–Kier alpha value is -3.23. The van der Waals surface area contributed by atoms with Crippen molar-refractivity contribution in [1.82, 2.24) is 24.7 Å². The van der Waals surface area contributed by atoms with Crippen LogP contribution >= 0.6 is 11.6 Å². The highest BCUT2D eigenvalue weighted by atomic mass is 35.5. The van der Waals surface area contributed by atoms with Crippen LogP contribution in [0.1, 0.15) is 29.9 Å². The Labute approximate surface area is 190 Å². The van der Waals surface area contributed by atoms with Crippen LogP contribution in [0.15, 0.2) is 42.9 Å². The van der Waals surface area contributed by atoms with Crippen LogP contribution in [0.5, 0.6) is 0 Å². The molecule has 32 heavy (non-hydrogen) atoms. The summed E-state index contributed by atoms with van der Waals surface area (Å²) in [4.78, 5) is 29.0. The molecule has 1 fully saturated rings.